The van der Waals surface area contributed by atoms with E-state index in [2.05, 4.69) is 44.4 Å². The lowest BCUT2D eigenvalue weighted by Gasteiger charge is -2.34. The standard InChI is InChI=1S/C25H28N6O2S/c1-17(32)30-9-7-29(8-10-30)15-18-16-34-24-22(18)27-25(31-11-13-33-14-12-31)28-23(24)20-3-2-4-21-19(20)5-6-26-21/h2-6,16,26H,7-15H2,1H3. The summed E-state index contributed by atoms with van der Waals surface area (Å²) in [7, 11) is 0. The molecule has 0 unspecified atom stereocenters. The van der Waals surface area contributed by atoms with Crippen molar-refractivity contribution in [2.45, 2.75) is 13.5 Å². The molecule has 0 aliphatic carbocycles. The Balaban J connectivity index is 1.41. The number of piperazine rings is 1. The molecule has 8 nitrogen and oxygen atoms in total. The number of amides is 1. The number of carbonyl (C=O) groups excluding carboxylic acids is 1. The third kappa shape index (κ3) is 3.93. The number of aromatic amines is 1. The summed E-state index contributed by atoms with van der Waals surface area (Å²) in [4.78, 5) is 31.8. The van der Waals surface area contributed by atoms with Gasteiger partial charge in [0, 0.05) is 81.0 Å². The van der Waals surface area contributed by atoms with Gasteiger partial charge in [-0.3, -0.25) is 9.69 Å². The van der Waals surface area contributed by atoms with Gasteiger partial charge in [-0.2, -0.15) is 0 Å². The number of ether oxygens (including phenoxy) is 1. The van der Waals surface area contributed by atoms with Crippen molar-refractivity contribution < 1.29 is 9.53 Å². The maximum Gasteiger partial charge on any atom is 0.226 e. The van der Waals surface area contributed by atoms with E-state index in [1.807, 2.05) is 11.1 Å². The van der Waals surface area contributed by atoms with Crippen molar-refractivity contribution in [2.24, 2.45) is 0 Å². The van der Waals surface area contributed by atoms with Crippen molar-refractivity contribution in [1.82, 2.24) is 24.8 Å². The van der Waals surface area contributed by atoms with Gasteiger partial charge in [0.2, 0.25) is 11.9 Å². The fraction of sp³-hybridized carbons (Fsp3) is 0.400. The number of rotatable bonds is 4. The molecule has 2 saturated heterocycles. The molecule has 0 radical (unpaired) electrons. The van der Waals surface area contributed by atoms with Crippen LogP contribution in [0.4, 0.5) is 5.95 Å². The highest BCUT2D eigenvalue weighted by Crippen LogP contribution is 2.38. The molecule has 176 valence electrons. The molecule has 0 saturated carbocycles. The minimum absolute atomic E-state index is 0.159. The topological polar surface area (TPSA) is 77.6 Å². The Kier molecular flexibility index (Phi) is 5.68. The average Bonchev–Trinajstić information content (AvgIpc) is 3.52. The molecule has 2 aliphatic heterocycles. The second-order valence-electron chi connectivity index (χ2n) is 8.94. The van der Waals surface area contributed by atoms with E-state index in [0.29, 0.717) is 13.2 Å². The molecule has 1 aromatic carbocycles. The minimum atomic E-state index is 0.159. The van der Waals surface area contributed by atoms with Gasteiger partial charge in [-0.15, -0.1) is 11.3 Å². The molecule has 5 heterocycles. The van der Waals surface area contributed by atoms with E-state index < -0.39 is 0 Å². The number of nitrogens with zero attached hydrogens (tertiary/aromatic N) is 5. The van der Waals surface area contributed by atoms with Crippen LogP contribution in [0.3, 0.4) is 0 Å². The monoisotopic (exact) mass is 476 g/mol. The Labute approximate surface area is 202 Å². The van der Waals surface area contributed by atoms with Crippen LogP contribution in [-0.4, -0.2) is 83.1 Å². The summed E-state index contributed by atoms with van der Waals surface area (Å²) >= 11 is 1.73. The number of fused-ring (bicyclic) bond motifs is 2. The number of thiophene rings is 1. The van der Waals surface area contributed by atoms with Crippen molar-refractivity contribution in [3.8, 4) is 11.3 Å². The molecule has 4 aromatic rings. The number of hydrogen-bond acceptors (Lipinski definition) is 7. The highest BCUT2D eigenvalue weighted by atomic mass is 32.1. The summed E-state index contributed by atoms with van der Waals surface area (Å²) in [6, 6.07) is 8.46. The molecule has 9 heteroatoms. The van der Waals surface area contributed by atoms with Crippen molar-refractivity contribution in [1.29, 1.82) is 0 Å². The van der Waals surface area contributed by atoms with E-state index in [9.17, 15) is 4.79 Å². The fourth-order valence-electron chi connectivity index (χ4n) is 4.91. The van der Waals surface area contributed by atoms with Crippen molar-refractivity contribution in [3.05, 3.63) is 41.4 Å². The highest BCUT2D eigenvalue weighted by molar-refractivity contribution is 7.17. The molecule has 0 atom stereocenters. The first-order chi connectivity index (χ1) is 16.7. The molecular weight excluding hydrogens is 448 g/mol. The van der Waals surface area contributed by atoms with Crippen LogP contribution in [0.5, 0.6) is 0 Å². The van der Waals surface area contributed by atoms with Gasteiger partial charge in [0.15, 0.2) is 0 Å². The van der Waals surface area contributed by atoms with Crippen LogP contribution in [0.2, 0.25) is 0 Å². The van der Waals surface area contributed by atoms with Crippen LogP contribution in [-0.2, 0) is 16.1 Å². The Bertz CT molecular complexity index is 1330. The smallest absolute Gasteiger partial charge is 0.226 e. The van der Waals surface area contributed by atoms with Crippen LogP contribution in [0.25, 0.3) is 32.4 Å². The zero-order valence-corrected chi connectivity index (χ0v) is 20.1. The molecule has 0 bridgehead atoms. The molecule has 2 fully saturated rings. The third-order valence-electron chi connectivity index (χ3n) is 6.83. The largest absolute Gasteiger partial charge is 0.378 e. The number of carbonyl (C=O) groups is 1. The zero-order chi connectivity index (χ0) is 23.1. The van der Waals surface area contributed by atoms with Gasteiger partial charge in [0.1, 0.15) is 0 Å². The van der Waals surface area contributed by atoms with E-state index >= 15 is 0 Å². The highest BCUT2D eigenvalue weighted by Gasteiger charge is 2.23. The number of aromatic nitrogens is 3. The first kappa shape index (κ1) is 21.5. The Morgan fingerprint density at radius 3 is 2.71 bits per heavy atom. The predicted octanol–water partition coefficient (Wildman–Crippen LogP) is 3.34. The lowest BCUT2D eigenvalue weighted by Crippen LogP contribution is -2.47. The minimum Gasteiger partial charge on any atom is -0.378 e. The van der Waals surface area contributed by atoms with E-state index in [4.69, 9.17) is 14.7 Å². The molecule has 2 aliphatic rings. The molecular formula is C25H28N6O2S. The molecule has 0 spiro atoms. The van der Waals surface area contributed by atoms with E-state index in [1.165, 1.54) is 10.9 Å². The maximum atomic E-state index is 11.7. The SMILES string of the molecule is CC(=O)N1CCN(Cc2csc3c(-c4cccc5[nH]ccc45)nc(N4CCOCC4)nc23)CC1. The van der Waals surface area contributed by atoms with Crippen LogP contribution < -0.4 is 4.90 Å². The first-order valence-electron chi connectivity index (χ1n) is 11.8. The third-order valence-corrected chi connectivity index (χ3v) is 7.86. The van der Waals surface area contributed by atoms with Crippen LogP contribution >= 0.6 is 11.3 Å². The van der Waals surface area contributed by atoms with Gasteiger partial charge in [-0.1, -0.05) is 12.1 Å². The first-order valence-corrected chi connectivity index (χ1v) is 12.7. The molecule has 1 N–H and O–H groups in total. The number of morpholine rings is 1. The normalized spacial score (nSPS) is 17.7. The second-order valence-corrected chi connectivity index (χ2v) is 9.82. The Hall–Kier alpha value is -3.01. The summed E-state index contributed by atoms with van der Waals surface area (Å²) in [5.74, 6) is 0.937. The van der Waals surface area contributed by atoms with E-state index in [1.54, 1.807) is 18.3 Å². The van der Waals surface area contributed by atoms with Gasteiger partial charge < -0.3 is 19.5 Å². The lowest BCUT2D eigenvalue weighted by molar-refractivity contribution is -0.130. The predicted molar refractivity (Wildman–Crippen MR) is 135 cm³/mol. The number of H-pyrrole nitrogens is 1. The zero-order valence-electron chi connectivity index (χ0n) is 19.3. The van der Waals surface area contributed by atoms with Crippen LogP contribution in [0, 0.1) is 0 Å². The summed E-state index contributed by atoms with van der Waals surface area (Å²) in [5, 5.41) is 3.41. The average molecular weight is 477 g/mol. The van der Waals surface area contributed by atoms with Crippen LogP contribution in [0.1, 0.15) is 12.5 Å². The van der Waals surface area contributed by atoms with Gasteiger partial charge in [-0.05, 0) is 17.5 Å². The van der Waals surface area contributed by atoms with Gasteiger partial charge >= 0.3 is 0 Å². The molecule has 1 amide bonds. The molecule has 6 rings (SSSR count). The summed E-state index contributed by atoms with van der Waals surface area (Å²) in [6.07, 6.45) is 1.98. The quantitative estimate of drug-likeness (QED) is 0.487. The molecule has 34 heavy (non-hydrogen) atoms. The lowest BCUT2D eigenvalue weighted by atomic mass is 10.1. The number of hydrogen-bond donors (Lipinski definition) is 1. The van der Waals surface area contributed by atoms with Gasteiger partial charge in [-0.25, -0.2) is 9.97 Å². The summed E-state index contributed by atoms with van der Waals surface area (Å²) in [6.45, 7) is 8.80. The molecule has 3 aromatic heterocycles. The number of nitrogens with one attached hydrogen (secondary N) is 1. The van der Waals surface area contributed by atoms with E-state index in [0.717, 1.165) is 78.8 Å². The van der Waals surface area contributed by atoms with Crippen LogP contribution in [0.15, 0.2) is 35.8 Å². The summed E-state index contributed by atoms with van der Waals surface area (Å²) in [5.41, 5.74) is 5.50. The Morgan fingerprint density at radius 2 is 1.91 bits per heavy atom. The number of benzene rings is 1. The van der Waals surface area contributed by atoms with Gasteiger partial charge in [0.05, 0.1) is 29.1 Å². The number of anilines is 1. The fourth-order valence-corrected chi connectivity index (χ4v) is 5.91. The summed E-state index contributed by atoms with van der Waals surface area (Å²) < 4.78 is 6.70. The second kappa shape index (κ2) is 8.98. The van der Waals surface area contributed by atoms with E-state index in [-0.39, 0.29) is 5.91 Å². The van der Waals surface area contributed by atoms with Crippen molar-refractivity contribution >= 4 is 44.3 Å². The maximum absolute atomic E-state index is 11.7. The Morgan fingerprint density at radius 1 is 1.09 bits per heavy atom. The van der Waals surface area contributed by atoms with Gasteiger partial charge in [0.25, 0.3) is 0 Å². The van der Waals surface area contributed by atoms with Crippen molar-refractivity contribution in [2.75, 3.05) is 57.4 Å². The van der Waals surface area contributed by atoms with Crippen molar-refractivity contribution in [3.63, 3.8) is 0 Å².